The SMILES string of the molecule is c1ccc(N(c2ccccc2)c2ccc3c(c2)Oc2cc(N(c4ccccc4)c4ccccc4)ccc2N3c2ccc3c4ccc(N5c6ccc(N(c7ccccc7)c7ccccc7)cc6Oc6cc(N(c7ccccc7)c7ccccc7)ccc65)cc4c4ccccc4c3c2)cc1. The van der Waals surface area contributed by atoms with Gasteiger partial charge < -0.3 is 38.9 Å². The Morgan fingerprint density at radius 2 is 0.367 bits per heavy atom. The standard InChI is InChI=1S/C90H62N6O2/c1-9-27-63(28-10-1)91(64-29-11-2-12-30-64)73-47-53-83-87(59-73)97-88-60-74(92(65-31-13-3-14-32-65)66-33-15-4-16-34-66)48-54-84(88)95(83)71-45-51-79-80-52-46-72(58-82(80)78-44-26-25-43-77(78)81(79)57-71)96-85-55-49-75(93(67-35-17-5-18-36-67)68-37-19-6-20-38-68)61-89(85)98-90-62-76(50-56-86(90)96)94(69-39-21-7-22-40-69)70-41-23-8-24-42-70/h1-62H. The molecule has 0 atom stereocenters. The minimum absolute atomic E-state index is 0.735. The first-order valence-corrected chi connectivity index (χ1v) is 33.1. The van der Waals surface area contributed by atoms with E-state index in [2.05, 4.69) is 406 Å². The van der Waals surface area contributed by atoms with Crippen molar-refractivity contribution >= 4 is 135 Å². The van der Waals surface area contributed by atoms with Crippen molar-refractivity contribution < 1.29 is 9.47 Å². The van der Waals surface area contributed by atoms with E-state index in [4.69, 9.17) is 9.47 Å². The first-order chi connectivity index (χ1) is 48.6. The van der Waals surface area contributed by atoms with Crippen molar-refractivity contribution in [2.75, 3.05) is 29.4 Å². The van der Waals surface area contributed by atoms with Crippen LogP contribution >= 0.6 is 0 Å². The van der Waals surface area contributed by atoms with Gasteiger partial charge in [0.1, 0.15) is 0 Å². The van der Waals surface area contributed by atoms with Crippen LogP contribution in [0.25, 0.3) is 32.3 Å². The van der Waals surface area contributed by atoms with Gasteiger partial charge in [-0.1, -0.05) is 182 Å². The monoisotopic (exact) mass is 1260 g/mol. The molecule has 0 unspecified atom stereocenters. The summed E-state index contributed by atoms with van der Waals surface area (Å²) in [7, 11) is 0. The number of rotatable bonds is 14. The van der Waals surface area contributed by atoms with E-state index in [1.807, 2.05) is 0 Å². The lowest BCUT2D eigenvalue weighted by Gasteiger charge is -2.35. The van der Waals surface area contributed by atoms with E-state index >= 15 is 0 Å². The van der Waals surface area contributed by atoms with Crippen molar-refractivity contribution in [1.82, 2.24) is 0 Å². The molecule has 2 aliphatic heterocycles. The second-order valence-corrected chi connectivity index (χ2v) is 24.5. The summed E-state index contributed by atoms with van der Waals surface area (Å²) in [6, 6.07) is 133. The van der Waals surface area contributed by atoms with Crippen molar-refractivity contribution in [3.8, 4) is 23.0 Å². The third-order valence-corrected chi connectivity index (χ3v) is 18.6. The van der Waals surface area contributed by atoms with Gasteiger partial charge in [0.2, 0.25) is 0 Å². The van der Waals surface area contributed by atoms with Crippen LogP contribution in [0.2, 0.25) is 0 Å². The molecule has 16 aromatic carbocycles. The highest BCUT2D eigenvalue weighted by Gasteiger charge is 2.32. The minimum atomic E-state index is 0.735. The first-order valence-electron chi connectivity index (χ1n) is 33.1. The summed E-state index contributed by atoms with van der Waals surface area (Å²) in [4.78, 5) is 13.9. The molecule has 18 rings (SSSR count). The van der Waals surface area contributed by atoms with Crippen molar-refractivity contribution in [3.05, 3.63) is 376 Å². The predicted octanol–water partition coefficient (Wildman–Crippen LogP) is 26.2. The van der Waals surface area contributed by atoms with Crippen LogP contribution < -0.4 is 38.9 Å². The molecule has 0 bridgehead atoms. The number of hydrogen-bond donors (Lipinski definition) is 0. The van der Waals surface area contributed by atoms with Gasteiger partial charge in [0.05, 0.1) is 22.7 Å². The third kappa shape index (κ3) is 10.3. The molecule has 2 heterocycles. The Morgan fingerprint density at radius 1 is 0.163 bits per heavy atom. The molecule has 0 aromatic heterocycles. The first kappa shape index (κ1) is 57.4. The Labute approximate surface area is 569 Å². The summed E-state index contributed by atoms with van der Waals surface area (Å²) >= 11 is 0. The quantitative estimate of drug-likeness (QED) is 0.0998. The smallest absolute Gasteiger partial charge is 0.153 e. The van der Waals surface area contributed by atoms with Gasteiger partial charge in [0, 0.05) is 104 Å². The molecule has 0 saturated carbocycles. The molecule has 98 heavy (non-hydrogen) atoms. The lowest BCUT2D eigenvalue weighted by Crippen LogP contribution is -2.18. The van der Waals surface area contributed by atoms with Gasteiger partial charge in [0.15, 0.2) is 23.0 Å². The fraction of sp³-hybridized carbons (Fsp3) is 0. The molecule has 8 nitrogen and oxygen atoms in total. The number of para-hydroxylation sites is 8. The summed E-state index contributed by atoms with van der Waals surface area (Å²) in [5.74, 6) is 2.94. The number of hydrogen-bond acceptors (Lipinski definition) is 8. The second-order valence-electron chi connectivity index (χ2n) is 24.5. The molecular weight excluding hydrogens is 1200 g/mol. The largest absolute Gasteiger partial charge is 0.453 e. The number of anilines is 18. The highest BCUT2D eigenvalue weighted by molar-refractivity contribution is 6.26. The Balaban J connectivity index is 0.793. The summed E-state index contributed by atoms with van der Waals surface area (Å²) in [6.07, 6.45) is 0. The number of nitrogens with zero attached hydrogens (tertiary/aromatic N) is 6. The zero-order chi connectivity index (χ0) is 64.9. The molecule has 464 valence electrons. The molecule has 0 fully saturated rings. The van der Waals surface area contributed by atoms with Gasteiger partial charge in [-0.05, 0) is 202 Å². The average molecular weight is 1260 g/mol. The van der Waals surface area contributed by atoms with E-state index in [0.29, 0.717) is 0 Å². The highest BCUT2D eigenvalue weighted by atomic mass is 16.5. The summed E-state index contributed by atoms with van der Waals surface area (Å²) < 4.78 is 14.5. The van der Waals surface area contributed by atoms with Crippen molar-refractivity contribution in [1.29, 1.82) is 0 Å². The number of fused-ring (bicyclic) bond motifs is 10. The normalized spacial score (nSPS) is 12.0. The molecule has 0 amide bonds. The van der Waals surface area contributed by atoms with Crippen molar-refractivity contribution in [2.24, 2.45) is 0 Å². The lowest BCUT2D eigenvalue weighted by molar-refractivity contribution is 0.477. The molecule has 16 aromatic rings. The maximum Gasteiger partial charge on any atom is 0.153 e. The van der Waals surface area contributed by atoms with Crippen LogP contribution in [0.4, 0.5) is 102 Å². The van der Waals surface area contributed by atoms with Crippen LogP contribution in [0, 0.1) is 0 Å². The van der Waals surface area contributed by atoms with Gasteiger partial charge in [-0.2, -0.15) is 0 Å². The average Bonchev–Trinajstić information content (AvgIpc) is 0.730. The van der Waals surface area contributed by atoms with E-state index < -0.39 is 0 Å². The Morgan fingerprint density at radius 3 is 0.592 bits per heavy atom. The van der Waals surface area contributed by atoms with Gasteiger partial charge in [0.25, 0.3) is 0 Å². The zero-order valence-corrected chi connectivity index (χ0v) is 53.3. The van der Waals surface area contributed by atoms with Crippen LogP contribution in [0.5, 0.6) is 23.0 Å². The molecular formula is C90H62N6O2. The van der Waals surface area contributed by atoms with E-state index in [1.54, 1.807) is 0 Å². The highest BCUT2D eigenvalue weighted by Crippen LogP contribution is 2.57. The van der Waals surface area contributed by atoms with E-state index in [0.717, 1.165) is 158 Å². The lowest BCUT2D eigenvalue weighted by atomic mass is 9.93. The maximum absolute atomic E-state index is 7.27. The Bertz CT molecular complexity index is 4810. The summed E-state index contributed by atoms with van der Waals surface area (Å²) in [6.45, 7) is 0. The van der Waals surface area contributed by atoms with E-state index in [1.165, 1.54) is 0 Å². The number of ether oxygens (including phenoxy) is 2. The minimum Gasteiger partial charge on any atom is -0.453 e. The van der Waals surface area contributed by atoms with E-state index in [-0.39, 0.29) is 0 Å². The maximum atomic E-state index is 7.27. The third-order valence-electron chi connectivity index (χ3n) is 18.6. The van der Waals surface area contributed by atoms with Gasteiger partial charge >= 0.3 is 0 Å². The molecule has 0 radical (unpaired) electrons. The van der Waals surface area contributed by atoms with Crippen LogP contribution in [-0.4, -0.2) is 0 Å². The van der Waals surface area contributed by atoms with E-state index in [9.17, 15) is 0 Å². The summed E-state index contributed by atoms with van der Waals surface area (Å²) in [5, 5.41) is 6.89. The molecule has 0 aliphatic carbocycles. The fourth-order valence-electron chi connectivity index (χ4n) is 14.3. The topological polar surface area (TPSA) is 37.9 Å². The number of benzene rings is 16. The van der Waals surface area contributed by atoms with Gasteiger partial charge in [-0.15, -0.1) is 0 Å². The van der Waals surface area contributed by atoms with Gasteiger partial charge in [-0.3, -0.25) is 0 Å². The van der Waals surface area contributed by atoms with Crippen LogP contribution in [0.3, 0.4) is 0 Å². The van der Waals surface area contributed by atoms with Crippen LogP contribution in [-0.2, 0) is 0 Å². The van der Waals surface area contributed by atoms with Crippen molar-refractivity contribution in [3.63, 3.8) is 0 Å². The Hall–Kier alpha value is -13.3. The van der Waals surface area contributed by atoms with Gasteiger partial charge in [-0.25, -0.2) is 0 Å². The van der Waals surface area contributed by atoms with Crippen LogP contribution in [0.1, 0.15) is 0 Å². The molecule has 8 heteroatoms. The van der Waals surface area contributed by atoms with Crippen LogP contribution in [0.15, 0.2) is 376 Å². The zero-order valence-electron chi connectivity index (χ0n) is 53.3. The second kappa shape index (κ2) is 24.6. The molecule has 0 spiro atoms. The predicted molar refractivity (Wildman–Crippen MR) is 407 cm³/mol. The molecule has 2 aliphatic rings. The fourth-order valence-corrected chi connectivity index (χ4v) is 14.3. The Kier molecular flexibility index (Phi) is 14.4. The molecule has 0 N–H and O–H groups in total. The summed E-state index contributed by atoms with van der Waals surface area (Å²) in [5.41, 5.74) is 18.0. The molecule has 0 saturated heterocycles. The van der Waals surface area contributed by atoms with Crippen molar-refractivity contribution in [2.45, 2.75) is 0 Å².